The fourth-order valence-corrected chi connectivity index (χ4v) is 6.32. The Kier molecular flexibility index (Phi) is 7.24. The van der Waals surface area contributed by atoms with Crippen molar-refractivity contribution in [1.29, 1.82) is 0 Å². The van der Waals surface area contributed by atoms with Gasteiger partial charge in [0.05, 0.1) is 40.0 Å². The Bertz CT molecular complexity index is 1730. The highest BCUT2D eigenvalue weighted by atomic mass is 16.5. The molecule has 0 fully saturated rings. The Labute approximate surface area is 240 Å². The largest absolute Gasteiger partial charge is 0.493 e. The smallest absolute Gasteiger partial charge is 0.223 e. The number of hydrogen-bond acceptors (Lipinski definition) is 5. The molecule has 6 heteroatoms. The lowest BCUT2D eigenvalue weighted by Crippen LogP contribution is -3.05. The van der Waals surface area contributed by atoms with E-state index in [9.17, 15) is 10.2 Å². The Morgan fingerprint density at radius 3 is 1.90 bits per heavy atom. The monoisotopic (exact) mass is 548 g/mol. The maximum absolute atomic E-state index is 10.4. The third-order valence-corrected chi connectivity index (χ3v) is 8.30. The molecular weight excluding hydrogens is 514 g/mol. The minimum atomic E-state index is -0.376. The van der Waals surface area contributed by atoms with Crippen molar-refractivity contribution >= 4 is 16.5 Å². The number of nitrogens with one attached hydrogen (secondary N) is 1. The third-order valence-electron chi connectivity index (χ3n) is 8.30. The highest BCUT2D eigenvalue weighted by Gasteiger charge is 2.38. The van der Waals surface area contributed by atoms with Crippen LogP contribution in [0, 0.1) is 0 Å². The van der Waals surface area contributed by atoms with Crippen molar-refractivity contribution in [3.63, 3.8) is 0 Å². The van der Waals surface area contributed by atoms with E-state index in [0.717, 1.165) is 54.7 Å². The number of fused-ring (bicyclic) bond motifs is 5. The van der Waals surface area contributed by atoms with Gasteiger partial charge in [0, 0.05) is 18.1 Å². The average molecular weight is 549 g/mol. The summed E-state index contributed by atoms with van der Waals surface area (Å²) in [6.45, 7) is -0.340. The molecule has 2 unspecified atom stereocenters. The quantitative estimate of drug-likeness (QED) is 0.245. The summed E-state index contributed by atoms with van der Waals surface area (Å²) in [6.07, 6.45) is -0.376. The summed E-state index contributed by atoms with van der Waals surface area (Å²) >= 11 is 0. The van der Waals surface area contributed by atoms with Gasteiger partial charge in [0.2, 0.25) is 6.23 Å². The topological polar surface area (TPSA) is 72.6 Å². The second kappa shape index (κ2) is 11.0. The van der Waals surface area contributed by atoms with Gasteiger partial charge in [-0.2, -0.15) is 0 Å². The van der Waals surface area contributed by atoms with Gasteiger partial charge in [-0.15, -0.1) is 0 Å². The van der Waals surface area contributed by atoms with Crippen LogP contribution in [0.25, 0.3) is 44.2 Å². The van der Waals surface area contributed by atoms with Crippen LogP contribution in [0.5, 0.6) is 11.5 Å². The molecule has 6 nitrogen and oxygen atoms in total. The first-order valence-electron chi connectivity index (χ1n) is 13.7. The maximum atomic E-state index is 10.4. The first kappa shape index (κ1) is 27.0. The number of benzene rings is 5. The Morgan fingerprint density at radius 2 is 1.29 bits per heavy atom. The lowest BCUT2D eigenvalue weighted by atomic mass is 9.83. The van der Waals surface area contributed by atoms with Crippen molar-refractivity contribution < 1.29 is 29.3 Å². The highest BCUT2D eigenvalue weighted by Crippen LogP contribution is 2.48. The molecule has 41 heavy (non-hydrogen) atoms. The van der Waals surface area contributed by atoms with Crippen molar-refractivity contribution in [3.05, 3.63) is 102 Å². The lowest BCUT2D eigenvalue weighted by molar-refractivity contribution is -0.874. The summed E-state index contributed by atoms with van der Waals surface area (Å²) < 4.78 is 17.5. The van der Waals surface area contributed by atoms with Crippen molar-refractivity contribution in [2.75, 3.05) is 28.4 Å². The van der Waals surface area contributed by atoms with Crippen LogP contribution in [-0.2, 0) is 18.0 Å². The van der Waals surface area contributed by atoms with Gasteiger partial charge in [-0.05, 0) is 62.5 Å². The molecule has 0 bridgehead atoms. The van der Waals surface area contributed by atoms with Crippen molar-refractivity contribution in [2.24, 2.45) is 0 Å². The Hall–Kier alpha value is -4.20. The Morgan fingerprint density at radius 1 is 0.659 bits per heavy atom. The predicted molar refractivity (Wildman–Crippen MR) is 162 cm³/mol. The molecule has 1 aliphatic heterocycles. The number of ether oxygens (including phenoxy) is 3. The molecule has 0 saturated heterocycles. The molecule has 0 saturated carbocycles. The van der Waals surface area contributed by atoms with E-state index in [4.69, 9.17) is 14.2 Å². The summed E-state index contributed by atoms with van der Waals surface area (Å²) in [5.74, 6) is 1.31. The van der Waals surface area contributed by atoms with Crippen LogP contribution in [0.2, 0.25) is 0 Å². The molecular formula is C35H34NO5+. The lowest BCUT2D eigenvalue weighted by Gasteiger charge is -2.35. The molecule has 0 aromatic heterocycles. The van der Waals surface area contributed by atoms with Crippen LogP contribution in [0.15, 0.2) is 84.9 Å². The molecule has 0 amide bonds. The van der Waals surface area contributed by atoms with Gasteiger partial charge in [0.1, 0.15) is 5.69 Å². The van der Waals surface area contributed by atoms with Gasteiger partial charge in [-0.3, -0.25) is 4.90 Å². The number of hydrogen-bond donors (Lipinski definition) is 3. The average Bonchev–Trinajstić information content (AvgIpc) is 3.03. The molecule has 5 aromatic carbocycles. The van der Waals surface area contributed by atoms with E-state index < -0.39 is 0 Å². The van der Waals surface area contributed by atoms with Crippen molar-refractivity contribution in [3.8, 4) is 44.9 Å². The van der Waals surface area contributed by atoms with Crippen LogP contribution in [0.3, 0.4) is 0 Å². The fraction of sp³-hybridized carbons (Fsp3) is 0.200. The Balaban J connectivity index is 1.67. The molecule has 6 rings (SSSR count). The summed E-state index contributed by atoms with van der Waals surface area (Å²) in [5.41, 5.74) is 9.88. The number of aliphatic hydroxyl groups is 2. The van der Waals surface area contributed by atoms with Gasteiger partial charge >= 0.3 is 0 Å². The number of rotatable bonds is 7. The zero-order valence-electron chi connectivity index (χ0n) is 23.7. The van der Waals surface area contributed by atoms with E-state index in [1.807, 2.05) is 42.5 Å². The van der Waals surface area contributed by atoms with Crippen LogP contribution < -0.4 is 14.4 Å². The highest BCUT2D eigenvalue weighted by molar-refractivity contribution is 6.09. The minimum Gasteiger partial charge on any atom is -0.493 e. The molecule has 2 atom stereocenters. The zero-order chi connectivity index (χ0) is 28.7. The van der Waals surface area contributed by atoms with Gasteiger partial charge in [0.15, 0.2) is 11.5 Å². The summed E-state index contributed by atoms with van der Waals surface area (Å²) in [6, 6.07) is 29.2. The van der Waals surface area contributed by atoms with E-state index in [1.165, 1.54) is 5.56 Å². The molecule has 3 N–H and O–H groups in total. The summed E-state index contributed by atoms with van der Waals surface area (Å²) in [4.78, 5) is 1.03. The minimum absolute atomic E-state index is 0.154. The summed E-state index contributed by atoms with van der Waals surface area (Å²) in [7, 11) is 7.06. The normalized spacial score (nSPS) is 15.9. The van der Waals surface area contributed by atoms with Gasteiger partial charge < -0.3 is 24.4 Å². The SMILES string of the molecule is COc1cc2c(-c3ccc(-c4ccccc4)cc3)cc3c(c2cc1OC)[NH+](C)C(OC)c1c-3ccc(CO)c1CO. The molecule has 1 aliphatic rings. The maximum Gasteiger partial charge on any atom is 0.223 e. The third kappa shape index (κ3) is 4.36. The number of methoxy groups -OCH3 is 3. The first-order valence-corrected chi connectivity index (χ1v) is 13.7. The van der Waals surface area contributed by atoms with E-state index in [2.05, 4.69) is 49.5 Å². The zero-order valence-corrected chi connectivity index (χ0v) is 23.7. The van der Waals surface area contributed by atoms with Crippen molar-refractivity contribution in [1.82, 2.24) is 0 Å². The van der Waals surface area contributed by atoms with Crippen LogP contribution in [0.4, 0.5) is 5.69 Å². The fourth-order valence-electron chi connectivity index (χ4n) is 6.32. The molecule has 5 aromatic rings. The molecule has 0 aliphatic carbocycles. The number of quaternary nitrogens is 1. The standard InChI is InChI=1S/C35H33NO5/c1-36-34-28(25-15-14-24(19-37)30(20-38)33(25)35(36)41-4)16-26(27-17-31(39-2)32(40-3)18-29(27)34)23-12-10-22(11-13-23)21-8-6-5-7-9-21/h5-18,35,37-38H,19-20H2,1-4H3/p+1. The first-order chi connectivity index (χ1) is 20.0. The summed E-state index contributed by atoms with van der Waals surface area (Å²) in [5, 5.41) is 22.5. The second-order valence-corrected chi connectivity index (χ2v) is 10.3. The predicted octanol–water partition coefficient (Wildman–Crippen LogP) is 5.65. The molecule has 1 heterocycles. The van der Waals surface area contributed by atoms with E-state index in [-0.39, 0.29) is 19.4 Å². The van der Waals surface area contributed by atoms with E-state index in [0.29, 0.717) is 22.6 Å². The van der Waals surface area contributed by atoms with Gasteiger partial charge in [0.25, 0.3) is 0 Å². The molecule has 0 spiro atoms. The van der Waals surface area contributed by atoms with Crippen LogP contribution in [0.1, 0.15) is 22.9 Å². The number of aliphatic hydroxyl groups excluding tert-OH is 2. The van der Waals surface area contributed by atoms with E-state index >= 15 is 0 Å². The van der Waals surface area contributed by atoms with E-state index in [1.54, 1.807) is 21.3 Å². The molecule has 0 radical (unpaired) electrons. The van der Waals surface area contributed by atoms with Crippen molar-refractivity contribution in [2.45, 2.75) is 19.4 Å². The van der Waals surface area contributed by atoms with Gasteiger partial charge in [-0.1, -0.05) is 66.7 Å². The van der Waals surface area contributed by atoms with Crippen LogP contribution in [-0.4, -0.2) is 38.6 Å². The van der Waals surface area contributed by atoms with Crippen LogP contribution >= 0.6 is 0 Å². The molecule has 208 valence electrons. The second-order valence-electron chi connectivity index (χ2n) is 10.3. The van der Waals surface area contributed by atoms with Gasteiger partial charge in [-0.25, -0.2) is 0 Å².